The average molecular weight is 321 g/mol. The van der Waals surface area contributed by atoms with Crippen LogP contribution in [0.25, 0.3) is 0 Å². The van der Waals surface area contributed by atoms with E-state index in [4.69, 9.17) is 0 Å². The molecule has 1 aromatic carbocycles. The molecule has 1 heterocycles. The van der Waals surface area contributed by atoms with Gasteiger partial charge in [0.15, 0.2) is 0 Å². The van der Waals surface area contributed by atoms with Crippen LogP contribution in [0.4, 0.5) is 4.39 Å². The van der Waals surface area contributed by atoms with Crippen LogP contribution in [0.3, 0.4) is 0 Å². The standard InChI is InChI=1S/C18H28FN3O/c1-3-10-22(16-6-8-20-9-7-16)13-18(23)21-12-15-5-4-14(2)17(19)11-15/h4-5,11,16,20H,3,6-10,12-13H2,1-2H3,(H,21,23). The van der Waals surface area contributed by atoms with Crippen molar-refractivity contribution in [2.75, 3.05) is 26.2 Å². The van der Waals surface area contributed by atoms with E-state index < -0.39 is 0 Å². The Morgan fingerprint density at radius 2 is 2.13 bits per heavy atom. The second-order valence-electron chi connectivity index (χ2n) is 6.31. The lowest BCUT2D eigenvalue weighted by molar-refractivity contribution is -0.123. The van der Waals surface area contributed by atoms with Crippen LogP contribution in [-0.4, -0.2) is 43.0 Å². The molecule has 5 heteroatoms. The monoisotopic (exact) mass is 321 g/mol. The summed E-state index contributed by atoms with van der Waals surface area (Å²) in [6.07, 6.45) is 3.23. The molecule has 2 rings (SSSR count). The number of piperidine rings is 1. The maximum Gasteiger partial charge on any atom is 0.234 e. The molecule has 0 spiro atoms. The third-order valence-corrected chi connectivity index (χ3v) is 4.41. The molecule has 0 saturated carbocycles. The molecule has 128 valence electrons. The second kappa shape index (κ2) is 8.99. The molecule has 2 N–H and O–H groups in total. The minimum Gasteiger partial charge on any atom is -0.351 e. The molecule has 1 aliphatic rings. The zero-order valence-corrected chi connectivity index (χ0v) is 14.2. The number of carbonyl (C=O) groups is 1. The van der Waals surface area contributed by atoms with Gasteiger partial charge >= 0.3 is 0 Å². The highest BCUT2D eigenvalue weighted by molar-refractivity contribution is 5.78. The Balaban J connectivity index is 1.84. The summed E-state index contributed by atoms with van der Waals surface area (Å²) in [5.41, 5.74) is 1.42. The van der Waals surface area contributed by atoms with Gasteiger partial charge in [-0.25, -0.2) is 4.39 Å². The highest BCUT2D eigenvalue weighted by atomic mass is 19.1. The molecular formula is C18H28FN3O. The number of benzene rings is 1. The number of nitrogens with zero attached hydrogens (tertiary/aromatic N) is 1. The third-order valence-electron chi connectivity index (χ3n) is 4.41. The van der Waals surface area contributed by atoms with Gasteiger partial charge < -0.3 is 10.6 Å². The maximum atomic E-state index is 13.5. The fraction of sp³-hybridized carbons (Fsp3) is 0.611. The SMILES string of the molecule is CCCN(CC(=O)NCc1ccc(C)c(F)c1)C1CCNCC1. The van der Waals surface area contributed by atoms with Crippen molar-refractivity contribution in [3.8, 4) is 0 Å². The first-order chi connectivity index (χ1) is 11.1. The average Bonchev–Trinajstić information content (AvgIpc) is 2.56. The lowest BCUT2D eigenvalue weighted by Crippen LogP contribution is -2.47. The Labute approximate surface area is 138 Å². The van der Waals surface area contributed by atoms with Gasteiger partial charge in [0.25, 0.3) is 0 Å². The molecule has 1 saturated heterocycles. The van der Waals surface area contributed by atoms with E-state index in [1.165, 1.54) is 6.07 Å². The summed E-state index contributed by atoms with van der Waals surface area (Å²) in [5, 5.41) is 6.27. The molecule has 0 aromatic heterocycles. The summed E-state index contributed by atoms with van der Waals surface area (Å²) in [6, 6.07) is 5.58. The summed E-state index contributed by atoms with van der Waals surface area (Å²) in [7, 11) is 0. The highest BCUT2D eigenvalue weighted by Gasteiger charge is 2.22. The van der Waals surface area contributed by atoms with Gasteiger partial charge in [-0.15, -0.1) is 0 Å². The number of halogens is 1. The molecule has 23 heavy (non-hydrogen) atoms. The van der Waals surface area contributed by atoms with E-state index in [1.807, 2.05) is 6.07 Å². The quantitative estimate of drug-likeness (QED) is 0.809. The normalized spacial score (nSPS) is 15.8. The van der Waals surface area contributed by atoms with E-state index in [0.717, 1.165) is 44.5 Å². The zero-order valence-electron chi connectivity index (χ0n) is 14.2. The van der Waals surface area contributed by atoms with Gasteiger partial charge in [0.05, 0.1) is 6.54 Å². The molecule has 0 radical (unpaired) electrons. The minimum absolute atomic E-state index is 0.0120. The van der Waals surface area contributed by atoms with Crippen LogP contribution in [0.5, 0.6) is 0 Å². The largest absolute Gasteiger partial charge is 0.351 e. The molecule has 0 atom stereocenters. The van der Waals surface area contributed by atoms with Gasteiger partial charge in [-0.3, -0.25) is 9.69 Å². The fourth-order valence-electron chi connectivity index (χ4n) is 3.04. The highest BCUT2D eigenvalue weighted by Crippen LogP contribution is 2.12. The number of rotatable bonds is 7. The van der Waals surface area contributed by atoms with Crippen LogP contribution in [0.1, 0.15) is 37.3 Å². The van der Waals surface area contributed by atoms with E-state index >= 15 is 0 Å². The lowest BCUT2D eigenvalue weighted by Gasteiger charge is -2.34. The molecule has 1 aromatic rings. The topological polar surface area (TPSA) is 44.4 Å². The fourth-order valence-corrected chi connectivity index (χ4v) is 3.04. The summed E-state index contributed by atoms with van der Waals surface area (Å²) >= 11 is 0. The predicted molar refractivity (Wildman–Crippen MR) is 90.7 cm³/mol. The Kier molecular flexibility index (Phi) is 6.99. The van der Waals surface area contributed by atoms with Gasteiger partial charge in [-0.1, -0.05) is 19.1 Å². The smallest absolute Gasteiger partial charge is 0.234 e. The van der Waals surface area contributed by atoms with Gasteiger partial charge in [-0.2, -0.15) is 0 Å². The van der Waals surface area contributed by atoms with Crippen molar-refractivity contribution < 1.29 is 9.18 Å². The van der Waals surface area contributed by atoms with Crippen LogP contribution in [0.2, 0.25) is 0 Å². The van der Waals surface area contributed by atoms with Gasteiger partial charge in [0, 0.05) is 12.6 Å². The molecular weight excluding hydrogens is 293 g/mol. The van der Waals surface area contributed by atoms with Crippen molar-refractivity contribution in [2.45, 2.75) is 45.7 Å². The maximum absolute atomic E-state index is 13.5. The molecule has 0 unspecified atom stereocenters. The Morgan fingerprint density at radius 1 is 1.39 bits per heavy atom. The van der Waals surface area contributed by atoms with Crippen LogP contribution < -0.4 is 10.6 Å². The molecule has 4 nitrogen and oxygen atoms in total. The number of nitrogens with one attached hydrogen (secondary N) is 2. The summed E-state index contributed by atoms with van der Waals surface area (Å²) in [4.78, 5) is 14.5. The predicted octanol–water partition coefficient (Wildman–Crippen LogP) is 2.21. The van der Waals surface area contributed by atoms with Crippen molar-refractivity contribution in [1.29, 1.82) is 0 Å². The third kappa shape index (κ3) is 5.59. The number of aryl methyl sites for hydroxylation is 1. The van der Waals surface area contributed by atoms with Crippen LogP contribution in [0, 0.1) is 12.7 Å². The van der Waals surface area contributed by atoms with Crippen molar-refractivity contribution in [2.24, 2.45) is 0 Å². The van der Waals surface area contributed by atoms with Gasteiger partial charge in [0.2, 0.25) is 5.91 Å². The summed E-state index contributed by atoms with van der Waals surface area (Å²) in [6.45, 7) is 7.66. The summed E-state index contributed by atoms with van der Waals surface area (Å²) < 4.78 is 13.5. The minimum atomic E-state index is -0.223. The molecule has 0 aliphatic carbocycles. The van der Waals surface area contributed by atoms with Crippen molar-refractivity contribution in [3.63, 3.8) is 0 Å². The van der Waals surface area contributed by atoms with E-state index in [-0.39, 0.29) is 11.7 Å². The Morgan fingerprint density at radius 3 is 2.78 bits per heavy atom. The lowest BCUT2D eigenvalue weighted by atomic mass is 10.0. The van der Waals surface area contributed by atoms with Crippen LogP contribution in [-0.2, 0) is 11.3 Å². The number of hydrogen-bond donors (Lipinski definition) is 2. The van der Waals surface area contributed by atoms with E-state index in [2.05, 4.69) is 22.5 Å². The first kappa shape index (κ1) is 17.9. The van der Waals surface area contributed by atoms with Crippen molar-refractivity contribution >= 4 is 5.91 Å². The Bertz CT molecular complexity index is 515. The summed E-state index contributed by atoms with van der Waals surface area (Å²) in [5.74, 6) is -0.211. The van der Waals surface area contributed by atoms with Crippen molar-refractivity contribution in [3.05, 3.63) is 35.1 Å². The second-order valence-corrected chi connectivity index (χ2v) is 6.31. The first-order valence-corrected chi connectivity index (χ1v) is 8.56. The number of hydrogen-bond acceptors (Lipinski definition) is 3. The van der Waals surface area contributed by atoms with Crippen LogP contribution >= 0.6 is 0 Å². The van der Waals surface area contributed by atoms with Crippen LogP contribution in [0.15, 0.2) is 18.2 Å². The van der Waals surface area contributed by atoms with Crippen molar-refractivity contribution in [1.82, 2.24) is 15.5 Å². The molecule has 1 aliphatic heterocycles. The Hall–Kier alpha value is -1.46. The van der Waals surface area contributed by atoms with E-state index in [0.29, 0.717) is 24.7 Å². The molecule has 1 amide bonds. The van der Waals surface area contributed by atoms with E-state index in [9.17, 15) is 9.18 Å². The molecule has 1 fully saturated rings. The van der Waals surface area contributed by atoms with Gasteiger partial charge in [-0.05, 0) is 63.0 Å². The van der Waals surface area contributed by atoms with Gasteiger partial charge in [0.1, 0.15) is 5.82 Å². The van der Waals surface area contributed by atoms with E-state index in [1.54, 1.807) is 13.0 Å². The number of amides is 1. The number of carbonyl (C=O) groups excluding carboxylic acids is 1. The molecule has 0 bridgehead atoms. The first-order valence-electron chi connectivity index (χ1n) is 8.56. The zero-order chi connectivity index (χ0) is 16.7.